The fourth-order valence-corrected chi connectivity index (χ4v) is 4.59. The van der Waals surface area contributed by atoms with Crippen molar-refractivity contribution in [3.05, 3.63) is 35.9 Å². The van der Waals surface area contributed by atoms with Crippen molar-refractivity contribution in [3.8, 4) is 0 Å². The molecule has 5 nitrogen and oxygen atoms in total. The summed E-state index contributed by atoms with van der Waals surface area (Å²) in [5.74, 6) is 0.405. The van der Waals surface area contributed by atoms with Gasteiger partial charge in [-0.3, -0.25) is 4.90 Å². The van der Waals surface area contributed by atoms with Gasteiger partial charge in [-0.25, -0.2) is 12.7 Å². The van der Waals surface area contributed by atoms with Gasteiger partial charge in [0.05, 0.1) is 25.5 Å². The Hall–Kier alpha value is -0.950. The molecule has 2 aliphatic heterocycles. The van der Waals surface area contributed by atoms with Crippen LogP contribution in [0.2, 0.25) is 0 Å². The van der Waals surface area contributed by atoms with Crippen molar-refractivity contribution < 1.29 is 13.2 Å². The van der Waals surface area contributed by atoms with Crippen LogP contribution in [0.15, 0.2) is 30.3 Å². The number of morpholine rings is 1. The fourth-order valence-electron chi connectivity index (χ4n) is 3.65. The fraction of sp³-hybridized carbons (Fsp3) is 0.647. The number of sulfonamides is 1. The van der Waals surface area contributed by atoms with Crippen LogP contribution in [0.4, 0.5) is 0 Å². The summed E-state index contributed by atoms with van der Waals surface area (Å²) in [6.45, 7) is 4.64. The summed E-state index contributed by atoms with van der Waals surface area (Å²) >= 11 is 0. The Morgan fingerprint density at radius 2 is 2.00 bits per heavy atom. The second kappa shape index (κ2) is 7.30. The lowest BCUT2D eigenvalue weighted by Crippen LogP contribution is -2.47. The third-order valence-electron chi connectivity index (χ3n) is 4.87. The van der Waals surface area contributed by atoms with Crippen molar-refractivity contribution in [2.45, 2.75) is 18.9 Å². The van der Waals surface area contributed by atoms with Gasteiger partial charge >= 0.3 is 0 Å². The molecule has 0 amide bonds. The molecule has 2 atom stereocenters. The molecule has 6 heteroatoms. The van der Waals surface area contributed by atoms with E-state index in [-0.39, 0.29) is 6.04 Å². The van der Waals surface area contributed by atoms with Crippen molar-refractivity contribution in [2.75, 3.05) is 45.6 Å². The maximum atomic E-state index is 11.8. The zero-order chi connectivity index (χ0) is 16.3. The highest BCUT2D eigenvalue weighted by Gasteiger charge is 2.31. The lowest BCUT2D eigenvalue weighted by molar-refractivity contribution is -0.0185. The van der Waals surface area contributed by atoms with Gasteiger partial charge in [-0.15, -0.1) is 0 Å². The van der Waals surface area contributed by atoms with E-state index in [1.165, 1.54) is 11.8 Å². The van der Waals surface area contributed by atoms with E-state index in [1.54, 1.807) is 4.31 Å². The van der Waals surface area contributed by atoms with Crippen LogP contribution in [0.5, 0.6) is 0 Å². The summed E-state index contributed by atoms with van der Waals surface area (Å²) in [5.41, 5.74) is 1.28. The molecule has 2 saturated heterocycles. The maximum absolute atomic E-state index is 11.8. The first-order chi connectivity index (χ1) is 11.0. The number of nitrogens with zero attached hydrogens (tertiary/aromatic N) is 2. The molecule has 0 saturated carbocycles. The number of benzene rings is 1. The van der Waals surface area contributed by atoms with Gasteiger partial charge in [0.15, 0.2) is 0 Å². The zero-order valence-corrected chi connectivity index (χ0v) is 14.5. The molecule has 0 radical (unpaired) electrons. The Kier molecular flexibility index (Phi) is 5.36. The van der Waals surface area contributed by atoms with Gasteiger partial charge < -0.3 is 4.74 Å². The normalized spacial score (nSPS) is 27.9. The number of hydrogen-bond donors (Lipinski definition) is 0. The number of hydrogen-bond acceptors (Lipinski definition) is 4. The molecule has 0 N–H and O–H groups in total. The molecule has 128 valence electrons. The van der Waals surface area contributed by atoms with Crippen molar-refractivity contribution in [1.29, 1.82) is 0 Å². The summed E-state index contributed by atoms with van der Waals surface area (Å²) in [5, 5.41) is 0. The van der Waals surface area contributed by atoms with Crippen LogP contribution in [0.25, 0.3) is 0 Å². The molecule has 3 rings (SSSR count). The summed E-state index contributed by atoms with van der Waals surface area (Å²) in [6.07, 6.45) is 3.37. The third-order valence-corrected chi connectivity index (χ3v) is 6.14. The van der Waals surface area contributed by atoms with E-state index in [4.69, 9.17) is 4.74 Å². The summed E-state index contributed by atoms with van der Waals surface area (Å²) < 4.78 is 30.9. The van der Waals surface area contributed by atoms with Crippen LogP contribution in [0, 0.1) is 5.92 Å². The van der Waals surface area contributed by atoms with Gasteiger partial charge in [-0.05, 0) is 24.3 Å². The molecule has 0 spiro atoms. The molecule has 23 heavy (non-hydrogen) atoms. The summed E-state index contributed by atoms with van der Waals surface area (Å²) in [4.78, 5) is 2.47. The lowest BCUT2D eigenvalue weighted by atomic mass is 9.96. The molecule has 0 unspecified atom stereocenters. The van der Waals surface area contributed by atoms with Crippen molar-refractivity contribution >= 4 is 10.0 Å². The lowest BCUT2D eigenvalue weighted by Gasteiger charge is -2.40. The molecule has 2 aliphatic rings. The molecule has 2 fully saturated rings. The first-order valence-electron chi connectivity index (χ1n) is 8.36. The first-order valence-corrected chi connectivity index (χ1v) is 10.2. The molecule has 2 heterocycles. The van der Waals surface area contributed by atoms with Crippen molar-refractivity contribution in [2.24, 2.45) is 5.92 Å². The molecule has 0 aromatic heterocycles. The average Bonchev–Trinajstić information content (AvgIpc) is 2.56. The van der Waals surface area contributed by atoms with Crippen molar-refractivity contribution in [1.82, 2.24) is 9.21 Å². The Morgan fingerprint density at radius 3 is 2.74 bits per heavy atom. The number of ether oxygens (including phenoxy) is 1. The van der Waals surface area contributed by atoms with Crippen LogP contribution in [0.3, 0.4) is 0 Å². The number of rotatable bonds is 4. The smallest absolute Gasteiger partial charge is 0.211 e. The first kappa shape index (κ1) is 16.9. The topological polar surface area (TPSA) is 49.9 Å². The minimum Gasteiger partial charge on any atom is -0.378 e. The van der Waals surface area contributed by atoms with Gasteiger partial charge in [0, 0.05) is 26.2 Å². The predicted octanol–water partition coefficient (Wildman–Crippen LogP) is 1.73. The van der Waals surface area contributed by atoms with E-state index < -0.39 is 10.0 Å². The molecule has 0 aliphatic carbocycles. The zero-order valence-electron chi connectivity index (χ0n) is 13.7. The summed E-state index contributed by atoms with van der Waals surface area (Å²) in [7, 11) is -3.08. The van der Waals surface area contributed by atoms with Gasteiger partial charge in [-0.2, -0.15) is 0 Å². The Balaban J connectivity index is 1.67. The maximum Gasteiger partial charge on any atom is 0.211 e. The number of piperidine rings is 1. The van der Waals surface area contributed by atoms with Crippen LogP contribution in [-0.4, -0.2) is 63.3 Å². The quantitative estimate of drug-likeness (QED) is 0.839. The van der Waals surface area contributed by atoms with Crippen LogP contribution in [-0.2, 0) is 14.8 Å². The van der Waals surface area contributed by atoms with Gasteiger partial charge in [0.1, 0.15) is 0 Å². The second-order valence-electron chi connectivity index (χ2n) is 6.63. The SMILES string of the molecule is CS(=O)(=O)N1CCC[C@@H](CN2CCOC[C@H]2c2ccccc2)C1. The molecule has 0 bridgehead atoms. The van der Waals surface area contributed by atoms with Gasteiger partial charge in [-0.1, -0.05) is 30.3 Å². The minimum atomic E-state index is -3.08. The Labute approximate surface area is 139 Å². The van der Waals surface area contributed by atoms with E-state index in [0.717, 1.165) is 32.5 Å². The van der Waals surface area contributed by atoms with E-state index in [1.807, 2.05) is 6.07 Å². The predicted molar refractivity (Wildman–Crippen MR) is 90.7 cm³/mol. The molecule has 1 aromatic carbocycles. The Morgan fingerprint density at radius 1 is 1.22 bits per heavy atom. The summed E-state index contributed by atoms with van der Waals surface area (Å²) in [6, 6.07) is 10.7. The average molecular weight is 338 g/mol. The van der Waals surface area contributed by atoms with Crippen LogP contribution >= 0.6 is 0 Å². The van der Waals surface area contributed by atoms with E-state index >= 15 is 0 Å². The standard InChI is InChI=1S/C17H26N2O3S/c1-23(20,21)19-9-5-6-15(13-19)12-18-10-11-22-14-17(18)16-7-3-2-4-8-16/h2-4,7-8,15,17H,5-6,9-14H2,1H3/t15-,17-/m0/s1. The highest BCUT2D eigenvalue weighted by molar-refractivity contribution is 7.88. The highest BCUT2D eigenvalue weighted by atomic mass is 32.2. The largest absolute Gasteiger partial charge is 0.378 e. The molecular formula is C17H26N2O3S. The minimum absolute atomic E-state index is 0.276. The van der Waals surface area contributed by atoms with Crippen LogP contribution < -0.4 is 0 Å². The second-order valence-corrected chi connectivity index (χ2v) is 8.61. The van der Waals surface area contributed by atoms with Gasteiger partial charge in [0.25, 0.3) is 0 Å². The van der Waals surface area contributed by atoms with E-state index in [0.29, 0.717) is 25.6 Å². The monoisotopic (exact) mass is 338 g/mol. The molecular weight excluding hydrogens is 312 g/mol. The van der Waals surface area contributed by atoms with E-state index in [9.17, 15) is 8.42 Å². The van der Waals surface area contributed by atoms with Gasteiger partial charge in [0.2, 0.25) is 10.0 Å². The van der Waals surface area contributed by atoms with E-state index in [2.05, 4.69) is 29.2 Å². The van der Waals surface area contributed by atoms with Crippen LogP contribution in [0.1, 0.15) is 24.4 Å². The highest BCUT2D eigenvalue weighted by Crippen LogP contribution is 2.27. The third kappa shape index (κ3) is 4.32. The van der Waals surface area contributed by atoms with Crippen molar-refractivity contribution in [3.63, 3.8) is 0 Å². The molecule has 1 aromatic rings. The Bertz CT molecular complexity index is 606.